The summed E-state index contributed by atoms with van der Waals surface area (Å²) >= 11 is 0. The number of amides is 1. The van der Waals surface area contributed by atoms with E-state index < -0.39 is 23.2 Å². The second-order valence-corrected chi connectivity index (χ2v) is 5.55. The van der Waals surface area contributed by atoms with Crippen molar-refractivity contribution in [1.29, 1.82) is 0 Å². The number of ether oxygens (including phenoxy) is 1. The Morgan fingerprint density at radius 2 is 1.81 bits per heavy atom. The van der Waals surface area contributed by atoms with Crippen LogP contribution < -0.4 is 5.32 Å². The zero-order valence-electron chi connectivity index (χ0n) is 10.7. The van der Waals surface area contributed by atoms with Gasteiger partial charge in [-0.15, -0.1) is 0 Å². The maximum absolute atomic E-state index is 11.3. The third kappa shape index (κ3) is 5.92. The molecule has 0 aromatic heterocycles. The van der Waals surface area contributed by atoms with E-state index in [1.165, 1.54) is 0 Å². The van der Waals surface area contributed by atoms with Crippen molar-refractivity contribution in [1.82, 2.24) is 5.32 Å². The minimum atomic E-state index is -0.815. The number of aliphatic hydroxyl groups excluding tert-OH is 2. The zero-order valence-corrected chi connectivity index (χ0v) is 10.7. The predicted octanol–water partition coefficient (Wildman–Crippen LogP) is 0.891. The van der Waals surface area contributed by atoms with Crippen molar-refractivity contribution in [3.05, 3.63) is 0 Å². The lowest BCUT2D eigenvalue weighted by atomic mass is 9.87. The first-order valence-corrected chi connectivity index (χ1v) is 5.34. The molecule has 0 aliphatic rings. The smallest absolute Gasteiger partial charge is 0.407 e. The van der Waals surface area contributed by atoms with Crippen LogP contribution in [0.2, 0.25) is 0 Å². The quantitative estimate of drug-likeness (QED) is 0.674. The van der Waals surface area contributed by atoms with Crippen LogP contribution in [0, 0.1) is 5.41 Å². The summed E-state index contributed by atoms with van der Waals surface area (Å²) in [5.74, 6) is 0. The number of alkyl carbamates (subject to hydrolysis) is 1. The van der Waals surface area contributed by atoms with Crippen LogP contribution in [0.25, 0.3) is 0 Å². The fourth-order valence-corrected chi connectivity index (χ4v) is 0.876. The van der Waals surface area contributed by atoms with Crippen molar-refractivity contribution in [3.63, 3.8) is 0 Å². The third-order valence-electron chi connectivity index (χ3n) is 2.15. The molecular formula is C11H23NO4. The molecule has 1 amide bonds. The molecule has 0 radical (unpaired) electrons. The maximum Gasteiger partial charge on any atom is 0.407 e. The number of aliphatic hydroxyl groups is 2. The van der Waals surface area contributed by atoms with Gasteiger partial charge in [-0.1, -0.05) is 13.8 Å². The summed E-state index contributed by atoms with van der Waals surface area (Å²) in [7, 11) is 0. The molecule has 0 rings (SSSR count). The summed E-state index contributed by atoms with van der Waals surface area (Å²) in [5.41, 5.74) is -1.20. The molecule has 5 nitrogen and oxygen atoms in total. The zero-order chi connectivity index (χ0) is 13.0. The monoisotopic (exact) mass is 233 g/mol. The second kappa shape index (κ2) is 5.50. The van der Waals surface area contributed by atoms with E-state index in [4.69, 9.17) is 9.84 Å². The molecule has 96 valence electrons. The van der Waals surface area contributed by atoms with Gasteiger partial charge in [0.15, 0.2) is 0 Å². The molecule has 0 aliphatic carbocycles. The van der Waals surface area contributed by atoms with Gasteiger partial charge in [0.25, 0.3) is 0 Å². The van der Waals surface area contributed by atoms with E-state index in [1.807, 2.05) is 0 Å². The van der Waals surface area contributed by atoms with Crippen LogP contribution in [0.15, 0.2) is 0 Å². The summed E-state index contributed by atoms with van der Waals surface area (Å²) in [6.45, 7) is 8.64. The minimum Gasteiger partial charge on any atom is -0.444 e. The number of hydrogen-bond donors (Lipinski definition) is 3. The Morgan fingerprint density at radius 3 is 2.19 bits per heavy atom. The lowest BCUT2D eigenvalue weighted by molar-refractivity contribution is 0.00382. The van der Waals surface area contributed by atoms with Gasteiger partial charge in [-0.05, 0) is 20.8 Å². The molecule has 0 heterocycles. The summed E-state index contributed by atoms with van der Waals surface area (Å²) in [5, 5.41) is 21.2. The first kappa shape index (κ1) is 15.2. The number of nitrogens with one attached hydrogen (secondary N) is 1. The first-order chi connectivity index (χ1) is 7.08. The summed E-state index contributed by atoms with van der Waals surface area (Å²) < 4.78 is 5.01. The molecule has 1 unspecified atom stereocenters. The van der Waals surface area contributed by atoms with Gasteiger partial charge in [-0.2, -0.15) is 0 Å². The molecule has 3 N–H and O–H groups in total. The average Bonchev–Trinajstić information content (AvgIpc) is 2.11. The van der Waals surface area contributed by atoms with Gasteiger partial charge in [0.1, 0.15) is 5.60 Å². The molecule has 0 spiro atoms. The molecule has 0 bridgehead atoms. The molecule has 0 aliphatic heterocycles. The van der Waals surface area contributed by atoms with Crippen molar-refractivity contribution in [3.8, 4) is 0 Å². The van der Waals surface area contributed by atoms with Gasteiger partial charge in [0.05, 0.1) is 12.7 Å². The van der Waals surface area contributed by atoms with Crippen LogP contribution in [-0.2, 0) is 4.74 Å². The van der Waals surface area contributed by atoms with Crippen LogP contribution in [-0.4, -0.2) is 41.2 Å². The standard InChI is InChI=1S/C11H23NO4/c1-10(2,3)16-9(15)12-6-8(14)11(4,5)7-13/h8,13-14H,6-7H2,1-5H3,(H,12,15). The average molecular weight is 233 g/mol. The Hall–Kier alpha value is -0.810. The number of rotatable bonds is 4. The lowest BCUT2D eigenvalue weighted by Gasteiger charge is -2.28. The Balaban J connectivity index is 4.02. The van der Waals surface area contributed by atoms with Gasteiger partial charge in [-0.25, -0.2) is 4.79 Å². The van der Waals surface area contributed by atoms with Gasteiger partial charge in [0, 0.05) is 12.0 Å². The molecule has 1 atom stereocenters. The largest absolute Gasteiger partial charge is 0.444 e. The van der Waals surface area contributed by atoms with E-state index >= 15 is 0 Å². The first-order valence-electron chi connectivity index (χ1n) is 5.34. The van der Waals surface area contributed by atoms with Crippen LogP contribution in [0.4, 0.5) is 4.79 Å². The second-order valence-electron chi connectivity index (χ2n) is 5.55. The van der Waals surface area contributed by atoms with Crippen molar-refractivity contribution in [2.45, 2.75) is 46.3 Å². The van der Waals surface area contributed by atoms with Crippen molar-refractivity contribution in [2.24, 2.45) is 5.41 Å². The molecule has 0 saturated heterocycles. The SMILES string of the molecule is CC(C)(C)OC(=O)NCC(O)C(C)(C)CO. The molecular weight excluding hydrogens is 210 g/mol. The Kier molecular flexibility index (Phi) is 5.22. The van der Waals surface area contributed by atoms with Crippen molar-refractivity contribution >= 4 is 6.09 Å². The van der Waals surface area contributed by atoms with E-state index in [9.17, 15) is 9.90 Å². The summed E-state index contributed by atoms with van der Waals surface area (Å²) in [6.07, 6.45) is -1.38. The minimum absolute atomic E-state index is 0.0580. The molecule has 16 heavy (non-hydrogen) atoms. The summed E-state index contributed by atoms with van der Waals surface area (Å²) in [4.78, 5) is 11.3. The Labute approximate surface area is 96.8 Å². The fraction of sp³-hybridized carbons (Fsp3) is 0.909. The normalized spacial score (nSPS) is 14.4. The number of carbonyl (C=O) groups is 1. The highest BCUT2D eigenvalue weighted by Gasteiger charge is 2.27. The van der Waals surface area contributed by atoms with Gasteiger partial charge >= 0.3 is 6.09 Å². The number of hydrogen-bond acceptors (Lipinski definition) is 4. The van der Waals surface area contributed by atoms with Gasteiger partial charge < -0.3 is 20.3 Å². The Bertz CT molecular complexity index is 233. The molecule has 0 fully saturated rings. The van der Waals surface area contributed by atoms with E-state index in [0.29, 0.717) is 0 Å². The molecule has 0 saturated carbocycles. The van der Waals surface area contributed by atoms with Crippen molar-refractivity contribution in [2.75, 3.05) is 13.2 Å². The van der Waals surface area contributed by atoms with Gasteiger partial charge in [-0.3, -0.25) is 0 Å². The highest BCUT2D eigenvalue weighted by atomic mass is 16.6. The van der Waals surface area contributed by atoms with E-state index in [0.717, 1.165) is 0 Å². The number of carbonyl (C=O) groups excluding carboxylic acids is 1. The summed E-state index contributed by atoms with van der Waals surface area (Å²) in [6, 6.07) is 0. The molecule has 5 heteroatoms. The predicted molar refractivity (Wildman–Crippen MR) is 61.1 cm³/mol. The van der Waals surface area contributed by atoms with Crippen molar-refractivity contribution < 1.29 is 19.7 Å². The highest BCUT2D eigenvalue weighted by Crippen LogP contribution is 2.18. The highest BCUT2D eigenvalue weighted by molar-refractivity contribution is 5.67. The van der Waals surface area contributed by atoms with Crippen LogP contribution in [0.1, 0.15) is 34.6 Å². The van der Waals surface area contributed by atoms with Gasteiger partial charge in [0.2, 0.25) is 0 Å². The fourth-order valence-electron chi connectivity index (χ4n) is 0.876. The third-order valence-corrected chi connectivity index (χ3v) is 2.15. The van der Waals surface area contributed by atoms with E-state index in [-0.39, 0.29) is 13.2 Å². The van der Waals surface area contributed by atoms with E-state index in [1.54, 1.807) is 34.6 Å². The Morgan fingerprint density at radius 1 is 1.31 bits per heavy atom. The van der Waals surface area contributed by atoms with Crippen LogP contribution >= 0.6 is 0 Å². The molecule has 0 aromatic rings. The molecule has 0 aromatic carbocycles. The lowest BCUT2D eigenvalue weighted by Crippen LogP contribution is -2.43. The van der Waals surface area contributed by atoms with Crippen LogP contribution in [0.3, 0.4) is 0 Å². The topological polar surface area (TPSA) is 78.8 Å². The van der Waals surface area contributed by atoms with Crippen LogP contribution in [0.5, 0.6) is 0 Å². The van der Waals surface area contributed by atoms with E-state index in [2.05, 4.69) is 5.32 Å². The maximum atomic E-state index is 11.3.